The first-order valence-electron chi connectivity index (χ1n) is 9.81. The highest BCUT2D eigenvalue weighted by molar-refractivity contribution is 5.80. The summed E-state index contributed by atoms with van der Waals surface area (Å²) in [5, 5.41) is 4.07. The largest absolute Gasteiger partial charge is 0.573 e. The number of hydrogen-bond acceptors (Lipinski definition) is 5. The highest BCUT2D eigenvalue weighted by Gasteiger charge is 2.31. The van der Waals surface area contributed by atoms with Crippen LogP contribution in [0.5, 0.6) is 11.5 Å². The van der Waals surface area contributed by atoms with Crippen molar-refractivity contribution in [3.63, 3.8) is 0 Å². The average molecular weight is 424 g/mol. The van der Waals surface area contributed by atoms with E-state index in [1.807, 2.05) is 34.6 Å². The quantitative estimate of drug-likeness (QED) is 0.355. The Morgan fingerprint density at radius 2 is 1.73 bits per heavy atom. The van der Waals surface area contributed by atoms with Gasteiger partial charge in [-0.15, -0.1) is 13.2 Å². The van der Waals surface area contributed by atoms with Crippen molar-refractivity contribution in [1.82, 2.24) is 4.98 Å². The molecular weight excluding hydrogens is 397 g/mol. The van der Waals surface area contributed by atoms with E-state index in [9.17, 15) is 13.2 Å². The Labute approximate surface area is 174 Å². The van der Waals surface area contributed by atoms with Gasteiger partial charge in [-0.2, -0.15) is 0 Å². The first-order chi connectivity index (χ1) is 14.2. The molecule has 0 amide bonds. The second kappa shape index (κ2) is 10.3. The third-order valence-corrected chi connectivity index (χ3v) is 4.57. The summed E-state index contributed by atoms with van der Waals surface area (Å²) >= 11 is 0. The van der Waals surface area contributed by atoms with Crippen LogP contribution in [-0.4, -0.2) is 24.2 Å². The first kappa shape index (κ1) is 23.5. The molecule has 0 aliphatic rings. The zero-order valence-electron chi connectivity index (χ0n) is 17.8. The van der Waals surface area contributed by atoms with Gasteiger partial charge in [0.05, 0.1) is 18.5 Å². The number of nitrogens with zero attached hydrogens (tertiary/aromatic N) is 2. The second-order valence-corrected chi connectivity index (χ2v) is 6.86. The Hall–Kier alpha value is -2.77. The molecule has 0 saturated carbocycles. The summed E-state index contributed by atoms with van der Waals surface area (Å²) in [6, 6.07) is 5.57. The Morgan fingerprint density at radius 3 is 2.30 bits per heavy atom. The topological polar surface area (TPSA) is 52.9 Å². The second-order valence-electron chi connectivity index (χ2n) is 6.86. The Morgan fingerprint density at radius 1 is 1.07 bits per heavy atom. The third kappa shape index (κ3) is 6.37. The Bertz CT molecular complexity index is 865. The van der Waals surface area contributed by atoms with E-state index in [4.69, 9.17) is 9.57 Å². The Balaban J connectivity index is 2.13. The molecule has 30 heavy (non-hydrogen) atoms. The number of pyridine rings is 1. The number of alkyl halides is 3. The van der Waals surface area contributed by atoms with Gasteiger partial charge in [-0.05, 0) is 51.3 Å². The molecule has 5 nitrogen and oxygen atoms in total. The SMILES string of the molecule is CCCOc1c(C)c(C)nc(/C=N/OC(CC)c2ccc(OC(F)(F)F)cc2)c1C. The molecule has 1 unspecified atom stereocenters. The van der Waals surface area contributed by atoms with E-state index in [0.29, 0.717) is 24.3 Å². The molecule has 0 bridgehead atoms. The molecule has 8 heteroatoms. The minimum atomic E-state index is -4.72. The molecule has 2 rings (SSSR count). The lowest BCUT2D eigenvalue weighted by atomic mass is 10.1. The van der Waals surface area contributed by atoms with Gasteiger partial charge in [0.1, 0.15) is 11.5 Å². The summed E-state index contributed by atoms with van der Waals surface area (Å²) in [5.74, 6) is 0.525. The van der Waals surface area contributed by atoms with Crippen LogP contribution in [0.25, 0.3) is 0 Å². The fraction of sp³-hybridized carbons (Fsp3) is 0.455. The van der Waals surface area contributed by atoms with E-state index in [1.165, 1.54) is 30.5 Å². The molecule has 0 fully saturated rings. The predicted octanol–water partition coefficient (Wildman–Crippen LogP) is 6.20. The monoisotopic (exact) mass is 424 g/mol. The molecular formula is C22H27F3N2O3. The van der Waals surface area contributed by atoms with E-state index in [0.717, 1.165) is 29.0 Å². The molecule has 0 radical (unpaired) electrons. The van der Waals surface area contributed by atoms with Gasteiger partial charge in [0.25, 0.3) is 0 Å². The molecule has 0 spiro atoms. The van der Waals surface area contributed by atoms with Crippen LogP contribution in [0.4, 0.5) is 13.2 Å². The van der Waals surface area contributed by atoms with Crippen molar-refractivity contribution >= 4 is 6.21 Å². The van der Waals surface area contributed by atoms with E-state index in [1.54, 1.807) is 0 Å². The normalized spacial score (nSPS) is 12.8. The van der Waals surface area contributed by atoms with Gasteiger partial charge < -0.3 is 14.3 Å². The van der Waals surface area contributed by atoms with Gasteiger partial charge in [0, 0.05) is 16.8 Å². The summed E-state index contributed by atoms with van der Waals surface area (Å²) in [4.78, 5) is 10.1. The number of benzene rings is 1. The van der Waals surface area contributed by atoms with Crippen molar-refractivity contribution in [1.29, 1.82) is 0 Å². The Kier molecular flexibility index (Phi) is 8.08. The van der Waals surface area contributed by atoms with Crippen molar-refractivity contribution in [2.75, 3.05) is 6.61 Å². The van der Waals surface area contributed by atoms with Crippen molar-refractivity contribution in [3.05, 3.63) is 52.3 Å². The van der Waals surface area contributed by atoms with Crippen LogP contribution in [-0.2, 0) is 4.84 Å². The average Bonchev–Trinajstić information content (AvgIpc) is 2.68. The third-order valence-electron chi connectivity index (χ3n) is 4.57. The molecule has 164 valence electrons. The summed E-state index contributed by atoms with van der Waals surface area (Å²) in [5.41, 5.74) is 4.06. The number of ether oxygens (including phenoxy) is 2. The molecule has 1 heterocycles. The van der Waals surface area contributed by atoms with Gasteiger partial charge >= 0.3 is 6.36 Å². The van der Waals surface area contributed by atoms with Crippen LogP contribution in [0.1, 0.15) is 60.9 Å². The van der Waals surface area contributed by atoms with E-state index < -0.39 is 12.5 Å². The molecule has 1 atom stereocenters. The smallest absolute Gasteiger partial charge is 0.493 e. The van der Waals surface area contributed by atoms with Crippen LogP contribution in [0.15, 0.2) is 29.4 Å². The minimum Gasteiger partial charge on any atom is -0.493 e. The highest BCUT2D eigenvalue weighted by Crippen LogP contribution is 2.28. The molecule has 0 aliphatic heterocycles. The molecule has 1 aromatic heterocycles. The predicted molar refractivity (Wildman–Crippen MR) is 109 cm³/mol. The van der Waals surface area contributed by atoms with Crippen molar-refractivity contribution < 1.29 is 27.5 Å². The van der Waals surface area contributed by atoms with Gasteiger partial charge in [-0.1, -0.05) is 31.1 Å². The number of aryl methyl sites for hydroxylation is 1. The molecule has 0 aliphatic carbocycles. The highest BCUT2D eigenvalue weighted by atomic mass is 19.4. The summed E-state index contributed by atoms with van der Waals surface area (Å²) in [7, 11) is 0. The lowest BCUT2D eigenvalue weighted by molar-refractivity contribution is -0.274. The fourth-order valence-electron chi connectivity index (χ4n) is 2.87. The van der Waals surface area contributed by atoms with E-state index in [-0.39, 0.29) is 5.75 Å². The maximum absolute atomic E-state index is 12.3. The maximum Gasteiger partial charge on any atom is 0.573 e. The minimum absolute atomic E-state index is 0.279. The van der Waals surface area contributed by atoms with E-state index in [2.05, 4.69) is 14.9 Å². The van der Waals surface area contributed by atoms with Gasteiger partial charge in [-0.3, -0.25) is 4.98 Å². The molecule has 0 saturated heterocycles. The number of oxime groups is 1. The van der Waals surface area contributed by atoms with Gasteiger partial charge in [-0.25, -0.2) is 0 Å². The van der Waals surface area contributed by atoms with Gasteiger partial charge in [0.2, 0.25) is 0 Å². The molecule has 1 aromatic carbocycles. The van der Waals surface area contributed by atoms with Crippen LogP contribution >= 0.6 is 0 Å². The van der Waals surface area contributed by atoms with Gasteiger partial charge in [0.15, 0.2) is 6.10 Å². The van der Waals surface area contributed by atoms with Crippen LogP contribution in [0.3, 0.4) is 0 Å². The maximum atomic E-state index is 12.3. The van der Waals surface area contributed by atoms with Crippen molar-refractivity contribution in [3.8, 4) is 11.5 Å². The standard InChI is InChI=1S/C22H27F3N2O3/c1-6-12-28-21-14(3)16(5)27-19(15(21)4)13-26-30-20(7-2)17-8-10-18(11-9-17)29-22(23,24)25/h8-11,13,20H,6-7,12H2,1-5H3/b26-13+. The zero-order chi connectivity index (χ0) is 22.3. The van der Waals surface area contributed by atoms with Crippen molar-refractivity contribution in [2.45, 2.75) is 59.9 Å². The lowest BCUT2D eigenvalue weighted by Gasteiger charge is -2.16. The number of aromatic nitrogens is 1. The van der Waals surface area contributed by atoms with E-state index >= 15 is 0 Å². The summed E-state index contributed by atoms with van der Waals surface area (Å²) in [6.07, 6.45) is -2.12. The van der Waals surface area contributed by atoms with Crippen LogP contribution in [0.2, 0.25) is 0 Å². The van der Waals surface area contributed by atoms with Crippen molar-refractivity contribution in [2.24, 2.45) is 5.16 Å². The first-order valence-corrected chi connectivity index (χ1v) is 9.81. The number of rotatable bonds is 9. The fourth-order valence-corrected chi connectivity index (χ4v) is 2.87. The zero-order valence-corrected chi connectivity index (χ0v) is 17.8. The lowest BCUT2D eigenvalue weighted by Crippen LogP contribution is -2.17. The molecule has 0 N–H and O–H groups in total. The number of hydrogen-bond donors (Lipinski definition) is 0. The van der Waals surface area contributed by atoms with Crippen LogP contribution in [0, 0.1) is 20.8 Å². The number of halogens is 3. The summed E-state index contributed by atoms with van der Waals surface area (Å²) in [6.45, 7) is 10.4. The molecule has 2 aromatic rings. The van der Waals surface area contributed by atoms with Crippen LogP contribution < -0.4 is 9.47 Å². The summed E-state index contributed by atoms with van der Waals surface area (Å²) < 4.78 is 46.6.